The van der Waals surface area contributed by atoms with Crippen molar-refractivity contribution in [2.24, 2.45) is 5.73 Å². The minimum Gasteiger partial charge on any atom is -0.402 e. The molecule has 0 atom stereocenters. The van der Waals surface area contributed by atoms with Crippen LogP contribution in [0, 0.1) is 0 Å². The average molecular weight is 299 g/mol. The fourth-order valence-corrected chi connectivity index (χ4v) is 3.75. The van der Waals surface area contributed by atoms with Gasteiger partial charge in [-0.3, -0.25) is 0 Å². The Kier molecular flexibility index (Phi) is 3.63. The van der Waals surface area contributed by atoms with Crippen LogP contribution in [0.1, 0.15) is 36.3 Å². The van der Waals surface area contributed by atoms with Crippen molar-refractivity contribution in [3.8, 4) is 0 Å². The highest BCUT2D eigenvalue weighted by atomic mass is 14.6. The summed E-state index contributed by atoms with van der Waals surface area (Å²) in [4.78, 5) is 0. The molecule has 114 valence electrons. The van der Waals surface area contributed by atoms with Gasteiger partial charge in [-0.05, 0) is 47.1 Å². The van der Waals surface area contributed by atoms with Crippen LogP contribution in [0.5, 0.6) is 0 Å². The molecule has 0 amide bonds. The van der Waals surface area contributed by atoms with E-state index in [0.717, 1.165) is 25.0 Å². The number of allylic oxidation sites excluding steroid dienone is 6. The van der Waals surface area contributed by atoms with Gasteiger partial charge in [0.05, 0.1) is 0 Å². The largest absolute Gasteiger partial charge is 0.402 e. The molecule has 0 aliphatic heterocycles. The van der Waals surface area contributed by atoms with Gasteiger partial charge in [-0.25, -0.2) is 0 Å². The second kappa shape index (κ2) is 5.92. The standard InChI is InChI=1S/C22H21N/c23-21-14-12-18-15-19(11-13-20(18)21)22(16-7-3-1-4-8-16)17-9-5-2-6-10-17/h1-11,15,22H,12-14,23H2. The molecule has 0 heterocycles. The van der Waals surface area contributed by atoms with Crippen LogP contribution >= 0.6 is 0 Å². The van der Waals surface area contributed by atoms with Crippen LogP contribution in [0.2, 0.25) is 0 Å². The van der Waals surface area contributed by atoms with E-state index < -0.39 is 0 Å². The molecule has 0 aromatic heterocycles. The molecule has 0 spiro atoms. The summed E-state index contributed by atoms with van der Waals surface area (Å²) in [6.07, 6.45) is 7.83. The van der Waals surface area contributed by atoms with Crippen LogP contribution in [-0.4, -0.2) is 0 Å². The summed E-state index contributed by atoms with van der Waals surface area (Å²) < 4.78 is 0. The number of rotatable bonds is 3. The number of fused-ring (bicyclic) bond motifs is 1. The highest BCUT2D eigenvalue weighted by Gasteiger charge is 2.24. The quantitative estimate of drug-likeness (QED) is 0.840. The van der Waals surface area contributed by atoms with Gasteiger partial charge in [0.25, 0.3) is 0 Å². The van der Waals surface area contributed by atoms with Crippen molar-refractivity contribution in [1.82, 2.24) is 0 Å². The van der Waals surface area contributed by atoms with Crippen molar-refractivity contribution in [3.05, 3.63) is 106 Å². The molecule has 0 bridgehead atoms. The molecule has 0 radical (unpaired) electrons. The smallest absolute Gasteiger partial charge is 0.0337 e. The number of hydrogen-bond donors (Lipinski definition) is 1. The summed E-state index contributed by atoms with van der Waals surface area (Å²) in [5.74, 6) is 0.299. The van der Waals surface area contributed by atoms with Crippen LogP contribution in [0.25, 0.3) is 0 Å². The van der Waals surface area contributed by atoms with Crippen molar-refractivity contribution in [1.29, 1.82) is 0 Å². The lowest BCUT2D eigenvalue weighted by Gasteiger charge is -2.23. The summed E-state index contributed by atoms with van der Waals surface area (Å²) in [5, 5.41) is 0. The maximum absolute atomic E-state index is 6.14. The highest BCUT2D eigenvalue weighted by Crippen LogP contribution is 2.41. The molecule has 1 nitrogen and oxygen atoms in total. The van der Waals surface area contributed by atoms with Gasteiger partial charge in [0.15, 0.2) is 0 Å². The molecule has 0 saturated carbocycles. The first-order valence-corrected chi connectivity index (χ1v) is 8.31. The van der Waals surface area contributed by atoms with Gasteiger partial charge >= 0.3 is 0 Å². The summed E-state index contributed by atoms with van der Waals surface area (Å²) in [6.45, 7) is 0. The topological polar surface area (TPSA) is 26.0 Å². The third-order valence-corrected chi connectivity index (χ3v) is 4.92. The predicted molar refractivity (Wildman–Crippen MR) is 96.0 cm³/mol. The lowest BCUT2D eigenvalue weighted by Crippen LogP contribution is -2.07. The summed E-state index contributed by atoms with van der Waals surface area (Å²) in [5.41, 5.74) is 14.1. The van der Waals surface area contributed by atoms with Gasteiger partial charge < -0.3 is 5.73 Å². The minimum atomic E-state index is 0.299. The van der Waals surface area contributed by atoms with Crippen LogP contribution in [0.15, 0.2) is 95.2 Å². The highest BCUT2D eigenvalue weighted by molar-refractivity contribution is 5.54. The zero-order chi connectivity index (χ0) is 15.6. The van der Waals surface area contributed by atoms with E-state index in [0.29, 0.717) is 5.92 Å². The maximum atomic E-state index is 6.14. The van der Waals surface area contributed by atoms with Gasteiger partial charge in [-0.1, -0.05) is 72.8 Å². The number of hydrogen-bond acceptors (Lipinski definition) is 1. The van der Waals surface area contributed by atoms with E-state index in [9.17, 15) is 0 Å². The van der Waals surface area contributed by atoms with Gasteiger partial charge in [-0.2, -0.15) is 0 Å². The lowest BCUT2D eigenvalue weighted by atomic mass is 9.80. The SMILES string of the molecule is NC1=C2CC=C(C(c3ccccc3)c3ccccc3)C=C2CC1. The molecule has 0 saturated heterocycles. The Bertz CT molecular complexity index is 755. The van der Waals surface area contributed by atoms with Crippen LogP contribution in [-0.2, 0) is 0 Å². The fraction of sp³-hybridized carbons (Fsp3) is 0.182. The minimum absolute atomic E-state index is 0.299. The van der Waals surface area contributed by atoms with Crippen LogP contribution < -0.4 is 5.73 Å². The van der Waals surface area contributed by atoms with E-state index in [1.54, 1.807) is 0 Å². The van der Waals surface area contributed by atoms with Crippen molar-refractivity contribution in [2.45, 2.75) is 25.2 Å². The van der Waals surface area contributed by atoms with E-state index >= 15 is 0 Å². The predicted octanol–water partition coefficient (Wildman–Crippen LogP) is 5.08. The molecular weight excluding hydrogens is 278 g/mol. The van der Waals surface area contributed by atoms with Crippen LogP contribution in [0.4, 0.5) is 0 Å². The van der Waals surface area contributed by atoms with E-state index in [4.69, 9.17) is 5.73 Å². The third kappa shape index (κ3) is 2.63. The Hall–Kier alpha value is -2.54. The zero-order valence-electron chi connectivity index (χ0n) is 13.2. The average Bonchev–Trinajstić information content (AvgIpc) is 2.98. The van der Waals surface area contributed by atoms with Crippen molar-refractivity contribution in [3.63, 3.8) is 0 Å². The molecular formula is C22H21N. The van der Waals surface area contributed by atoms with Crippen molar-refractivity contribution < 1.29 is 0 Å². The van der Waals surface area contributed by atoms with Crippen molar-refractivity contribution >= 4 is 0 Å². The molecule has 1 heteroatoms. The Morgan fingerprint density at radius 1 is 0.783 bits per heavy atom. The van der Waals surface area contributed by atoms with Gasteiger partial charge in [-0.15, -0.1) is 0 Å². The van der Waals surface area contributed by atoms with E-state index in [1.807, 2.05) is 0 Å². The van der Waals surface area contributed by atoms with Gasteiger partial charge in [0.1, 0.15) is 0 Å². The molecule has 2 aliphatic rings. The second-order valence-corrected chi connectivity index (χ2v) is 6.34. The molecule has 2 aromatic carbocycles. The summed E-state index contributed by atoms with van der Waals surface area (Å²) in [6, 6.07) is 21.6. The number of nitrogens with two attached hydrogens (primary N) is 1. The van der Waals surface area contributed by atoms with Crippen molar-refractivity contribution in [2.75, 3.05) is 0 Å². The maximum Gasteiger partial charge on any atom is 0.0337 e. The van der Waals surface area contributed by atoms with E-state index in [2.05, 4.69) is 72.8 Å². The lowest BCUT2D eigenvalue weighted by molar-refractivity contribution is 0.939. The summed E-state index contributed by atoms with van der Waals surface area (Å²) >= 11 is 0. The molecule has 2 N–H and O–H groups in total. The first-order chi connectivity index (χ1) is 11.3. The Balaban J connectivity index is 1.79. The zero-order valence-corrected chi connectivity index (χ0v) is 13.2. The molecule has 23 heavy (non-hydrogen) atoms. The monoisotopic (exact) mass is 299 g/mol. The molecule has 4 rings (SSSR count). The van der Waals surface area contributed by atoms with E-state index in [1.165, 1.54) is 27.8 Å². The Labute approximate surface area is 137 Å². The molecule has 0 unspecified atom stereocenters. The Morgan fingerprint density at radius 2 is 1.39 bits per heavy atom. The van der Waals surface area contributed by atoms with Gasteiger partial charge in [0.2, 0.25) is 0 Å². The summed E-state index contributed by atoms with van der Waals surface area (Å²) in [7, 11) is 0. The normalized spacial score (nSPS) is 17.1. The first kappa shape index (κ1) is 14.1. The fourth-order valence-electron chi connectivity index (χ4n) is 3.75. The van der Waals surface area contributed by atoms with E-state index in [-0.39, 0.29) is 0 Å². The second-order valence-electron chi connectivity index (χ2n) is 6.34. The molecule has 0 fully saturated rings. The molecule has 2 aromatic rings. The third-order valence-electron chi connectivity index (χ3n) is 4.92. The van der Waals surface area contributed by atoms with Crippen LogP contribution in [0.3, 0.4) is 0 Å². The number of benzene rings is 2. The Morgan fingerprint density at radius 3 is 2.00 bits per heavy atom. The molecule has 2 aliphatic carbocycles. The first-order valence-electron chi connectivity index (χ1n) is 8.31. The van der Waals surface area contributed by atoms with Gasteiger partial charge in [0, 0.05) is 11.6 Å².